The Morgan fingerprint density at radius 2 is 1.69 bits per heavy atom. The average Bonchev–Trinajstić information content (AvgIpc) is 3.60. The SMILES string of the molecule is CB(O)n1cc(C[C@@H](C(=O)O)N(C)C(=O)[C@H](CCCCN[B]C=O)NC(=O)[C@H](CCCN[B]C=O)NCc2cccnc2Sc2cccc(Br)c2CN)c2ccccc21. The van der Waals surface area contributed by atoms with Crippen molar-refractivity contribution in [3.8, 4) is 0 Å². The molecule has 2 aromatic heterocycles. The Hall–Kier alpha value is -4.30. The highest BCUT2D eigenvalue weighted by Crippen LogP contribution is 2.34. The lowest BCUT2D eigenvalue weighted by Crippen LogP contribution is -2.56. The number of hydrogen-bond donors (Lipinski definition) is 7. The van der Waals surface area contributed by atoms with Gasteiger partial charge in [-0.1, -0.05) is 58.0 Å². The maximum atomic E-state index is 14.3. The molecular weight excluding hydrogens is 837 g/mol. The van der Waals surface area contributed by atoms with E-state index in [0.717, 1.165) is 36.4 Å². The van der Waals surface area contributed by atoms with Crippen LogP contribution >= 0.6 is 27.7 Å². The zero-order chi connectivity index (χ0) is 42.7. The molecule has 3 atom stereocenters. The fourth-order valence-corrected chi connectivity index (χ4v) is 8.38. The van der Waals surface area contributed by atoms with Crippen LogP contribution < -0.4 is 26.8 Å². The minimum Gasteiger partial charge on any atom is -0.480 e. The molecule has 59 heavy (non-hydrogen) atoms. The monoisotopic (exact) mass is 886 g/mol. The number of unbranched alkanes of at least 4 members (excludes halogenated alkanes) is 1. The van der Waals surface area contributed by atoms with Crippen LogP contribution in [0.15, 0.2) is 81.4 Å². The molecule has 8 N–H and O–H groups in total. The number of pyridine rings is 1. The molecule has 2 aromatic carbocycles. The molecule has 20 heteroatoms. The van der Waals surface area contributed by atoms with Crippen molar-refractivity contribution in [1.82, 2.24) is 35.5 Å². The standard InChI is InChI=1S/C39H50B3BrN8O7S/c1-42(58)51-23-27(28-11-3-4-15-33(28)51)20-34(39(56)57)50(2)38(55)32(13-5-6-18-47-40-24-52)49-36(54)31(14-9-19-48-41-25-53)46-22-26-10-8-17-45-37(26)59-35-16-7-12-30(43)29(35)21-44/h3-4,7-8,10-12,15-17,23-25,31-32,34,46-48,58H,5-6,9,13-14,18-22,44H2,1-2H3,(H,49,54)(H,56,57)/t31-,32-,34-/m0/s1. The number of carbonyl (C=O) groups is 5. The minimum absolute atomic E-state index is 0.0446. The van der Waals surface area contributed by atoms with E-state index in [1.807, 2.05) is 54.6 Å². The molecule has 0 aliphatic rings. The first-order valence-corrected chi connectivity index (χ1v) is 21.0. The van der Waals surface area contributed by atoms with Crippen LogP contribution in [0.25, 0.3) is 10.9 Å². The van der Waals surface area contributed by atoms with Crippen molar-refractivity contribution in [2.45, 2.75) is 86.5 Å². The van der Waals surface area contributed by atoms with Gasteiger partial charge < -0.3 is 55.9 Å². The number of halogens is 1. The molecule has 4 aromatic rings. The summed E-state index contributed by atoms with van der Waals surface area (Å²) in [5, 5.41) is 34.4. The summed E-state index contributed by atoms with van der Waals surface area (Å²) in [6.07, 6.45) is 6.71. The van der Waals surface area contributed by atoms with Gasteiger partial charge in [0, 0.05) is 53.0 Å². The fourth-order valence-electron chi connectivity index (χ4n) is 6.67. The number of carbonyl (C=O) groups excluding carboxylic acids is 4. The van der Waals surface area contributed by atoms with Gasteiger partial charge in [0.05, 0.1) is 18.4 Å². The number of para-hydroxylation sites is 1. The lowest BCUT2D eigenvalue weighted by atomic mass is 9.88. The molecule has 0 spiro atoms. The number of aliphatic carboxylic acids is 1. The first-order chi connectivity index (χ1) is 28.5. The zero-order valence-corrected chi connectivity index (χ0v) is 35.6. The number of aromatic nitrogens is 2. The van der Waals surface area contributed by atoms with Crippen LogP contribution in [-0.2, 0) is 43.5 Å². The number of fused-ring (bicyclic) bond motifs is 1. The van der Waals surface area contributed by atoms with Crippen LogP contribution in [0.3, 0.4) is 0 Å². The molecule has 0 aliphatic heterocycles. The number of carboxylic acid groups (broad SMARTS) is 1. The highest BCUT2D eigenvalue weighted by atomic mass is 79.9. The second-order valence-electron chi connectivity index (χ2n) is 13.9. The molecule has 2 radical (unpaired) electrons. The van der Waals surface area contributed by atoms with Crippen LogP contribution in [0.4, 0.5) is 0 Å². The lowest BCUT2D eigenvalue weighted by molar-refractivity contribution is -0.150. The molecule has 0 fully saturated rings. The first kappa shape index (κ1) is 47.4. The maximum absolute atomic E-state index is 14.3. The molecule has 15 nitrogen and oxygen atoms in total. The lowest BCUT2D eigenvalue weighted by Gasteiger charge is -2.30. The van der Waals surface area contributed by atoms with Gasteiger partial charge in [-0.3, -0.25) is 9.59 Å². The number of carboxylic acids is 1. The number of likely N-dealkylation sites (N-methyl/N-ethyl adjacent to an activating group) is 1. The fraction of sp³-hybridized carbons (Fsp3) is 0.385. The summed E-state index contributed by atoms with van der Waals surface area (Å²) in [5.74, 6) is -2.25. The Balaban J connectivity index is 1.57. The highest BCUT2D eigenvalue weighted by molar-refractivity contribution is 9.10. The number of nitrogens with zero attached hydrogens (tertiary/aromatic N) is 3. The third-order valence-electron chi connectivity index (χ3n) is 9.80. The maximum Gasteiger partial charge on any atom is 0.413 e. The molecule has 0 bridgehead atoms. The number of hydrogen-bond acceptors (Lipinski definition) is 12. The van der Waals surface area contributed by atoms with Gasteiger partial charge >= 0.3 is 13.0 Å². The number of amides is 2. The Morgan fingerprint density at radius 1 is 0.983 bits per heavy atom. The Morgan fingerprint density at radius 3 is 2.39 bits per heavy atom. The van der Waals surface area contributed by atoms with Gasteiger partial charge in [0.25, 0.3) is 14.8 Å². The van der Waals surface area contributed by atoms with E-state index in [9.17, 15) is 34.1 Å². The molecular formula is C39H50B3BrN8O7S. The smallest absolute Gasteiger partial charge is 0.413 e. The predicted molar refractivity (Wildman–Crippen MR) is 236 cm³/mol. The van der Waals surface area contributed by atoms with Crippen LogP contribution in [-0.4, -0.2) is 115 Å². The molecule has 0 saturated carbocycles. The third-order valence-corrected chi connectivity index (χ3v) is 11.7. The van der Waals surface area contributed by atoms with Crippen LogP contribution in [0.1, 0.15) is 48.8 Å². The van der Waals surface area contributed by atoms with Gasteiger partial charge in [-0.25, -0.2) is 9.78 Å². The van der Waals surface area contributed by atoms with Crippen molar-refractivity contribution in [3.05, 3.63) is 88.2 Å². The van der Waals surface area contributed by atoms with E-state index in [2.05, 4.69) is 42.0 Å². The number of benzene rings is 2. The van der Waals surface area contributed by atoms with E-state index < -0.39 is 43.0 Å². The largest absolute Gasteiger partial charge is 0.480 e. The summed E-state index contributed by atoms with van der Waals surface area (Å²) in [4.78, 5) is 69.7. The van der Waals surface area contributed by atoms with E-state index >= 15 is 0 Å². The van der Waals surface area contributed by atoms with Crippen molar-refractivity contribution < 1.29 is 34.1 Å². The zero-order valence-electron chi connectivity index (χ0n) is 33.2. The van der Waals surface area contributed by atoms with E-state index in [1.54, 1.807) is 23.7 Å². The van der Waals surface area contributed by atoms with Gasteiger partial charge in [0.1, 0.15) is 17.1 Å². The molecule has 0 unspecified atom stereocenters. The van der Waals surface area contributed by atoms with Gasteiger partial charge in [-0.15, -0.1) is 0 Å². The van der Waals surface area contributed by atoms with E-state index in [4.69, 9.17) is 5.73 Å². The molecule has 310 valence electrons. The topological polar surface area (TPSA) is 221 Å². The summed E-state index contributed by atoms with van der Waals surface area (Å²) >= 11 is 5.04. The first-order valence-electron chi connectivity index (χ1n) is 19.4. The van der Waals surface area contributed by atoms with Crippen LogP contribution in [0.2, 0.25) is 6.82 Å². The molecule has 0 aliphatic carbocycles. The normalized spacial score (nSPS) is 12.6. The Kier molecular flexibility index (Phi) is 19.8. The van der Waals surface area contributed by atoms with Gasteiger partial charge in [0.2, 0.25) is 11.8 Å². The quantitative estimate of drug-likeness (QED) is 0.0260. The molecule has 4 rings (SSSR count). The number of rotatable bonds is 27. The molecule has 2 heterocycles. The molecule has 2 amide bonds. The van der Waals surface area contributed by atoms with Crippen molar-refractivity contribution in [2.24, 2.45) is 5.73 Å². The van der Waals surface area contributed by atoms with Gasteiger partial charge in [0.15, 0.2) is 0 Å². The highest BCUT2D eigenvalue weighted by Gasteiger charge is 2.34. The van der Waals surface area contributed by atoms with Crippen molar-refractivity contribution in [1.29, 1.82) is 0 Å². The summed E-state index contributed by atoms with van der Waals surface area (Å²) < 4.78 is 2.54. The third kappa shape index (κ3) is 13.9. The minimum atomic E-state index is -1.29. The average molecular weight is 887 g/mol. The summed E-state index contributed by atoms with van der Waals surface area (Å²) in [7, 11) is 3.12. The number of nitrogens with one attached hydrogen (secondary N) is 4. The molecule has 0 saturated heterocycles. The van der Waals surface area contributed by atoms with Gasteiger partial charge in [-0.2, -0.15) is 0 Å². The van der Waals surface area contributed by atoms with Crippen molar-refractivity contribution in [3.63, 3.8) is 0 Å². The van der Waals surface area contributed by atoms with E-state index in [-0.39, 0.29) is 19.4 Å². The van der Waals surface area contributed by atoms with Crippen LogP contribution in [0, 0.1) is 0 Å². The summed E-state index contributed by atoms with van der Waals surface area (Å²) in [6.45, 7) is 3.07. The van der Waals surface area contributed by atoms with Crippen molar-refractivity contribution >= 4 is 90.6 Å². The van der Waals surface area contributed by atoms with Crippen molar-refractivity contribution in [2.75, 3.05) is 20.1 Å². The van der Waals surface area contributed by atoms with E-state index in [0.29, 0.717) is 63.3 Å². The Bertz CT molecular complexity index is 2030. The van der Waals surface area contributed by atoms with Gasteiger partial charge in [-0.05, 0) is 99.2 Å². The summed E-state index contributed by atoms with van der Waals surface area (Å²) in [5.41, 5.74) is 9.20. The summed E-state index contributed by atoms with van der Waals surface area (Å²) in [6, 6.07) is 13.7. The van der Waals surface area contributed by atoms with E-state index in [1.165, 1.54) is 38.5 Å². The predicted octanol–water partition coefficient (Wildman–Crippen LogP) is 2.21. The second-order valence-corrected chi connectivity index (χ2v) is 15.7. The number of nitrogens with two attached hydrogens (primary N) is 1. The Labute approximate surface area is 359 Å². The second kappa shape index (κ2) is 24.7. The van der Waals surface area contributed by atoms with Crippen LogP contribution in [0.5, 0.6) is 0 Å².